The van der Waals surface area contributed by atoms with Gasteiger partial charge in [0.05, 0.1) is 0 Å². The fraction of sp³-hybridized carbons (Fsp3) is 0.333. The van der Waals surface area contributed by atoms with E-state index < -0.39 is 35.0 Å². The topological polar surface area (TPSA) is 97.7 Å². The number of carboxylic acids is 1. The molecule has 0 bridgehead atoms. The number of hydrogen-bond acceptors (Lipinski definition) is 5. The minimum Gasteiger partial charge on any atom is -0.477 e. The van der Waals surface area contributed by atoms with Crippen molar-refractivity contribution in [3.63, 3.8) is 0 Å². The van der Waals surface area contributed by atoms with E-state index in [-0.39, 0.29) is 5.76 Å². The van der Waals surface area contributed by atoms with E-state index in [1.165, 1.54) is 6.92 Å². The van der Waals surface area contributed by atoms with Crippen molar-refractivity contribution in [3.05, 3.63) is 11.3 Å². The molecule has 80 valence electrons. The van der Waals surface area contributed by atoms with Gasteiger partial charge in [0.15, 0.2) is 17.5 Å². The van der Waals surface area contributed by atoms with Gasteiger partial charge in [-0.05, 0) is 13.8 Å². The lowest BCUT2D eigenvalue weighted by Gasteiger charge is -2.19. The number of carboxylic acid groups (broad SMARTS) is 1. The van der Waals surface area contributed by atoms with Crippen molar-refractivity contribution in [3.8, 4) is 0 Å². The Balaban J connectivity index is 3.25. The summed E-state index contributed by atoms with van der Waals surface area (Å²) in [7, 11) is 0. The van der Waals surface area contributed by atoms with E-state index in [1.807, 2.05) is 0 Å². The molecule has 15 heavy (non-hydrogen) atoms. The van der Waals surface area contributed by atoms with Gasteiger partial charge >= 0.3 is 11.9 Å². The maximum Gasteiger partial charge on any atom is 0.342 e. The summed E-state index contributed by atoms with van der Waals surface area (Å²) in [6.45, 7) is 2.22. The molecule has 1 atom stereocenters. The molecule has 0 radical (unpaired) electrons. The van der Waals surface area contributed by atoms with Crippen molar-refractivity contribution in [2.24, 2.45) is 5.92 Å². The molecule has 1 unspecified atom stereocenters. The number of allylic oxidation sites excluding steroid dienone is 1. The van der Waals surface area contributed by atoms with Gasteiger partial charge in [0.1, 0.15) is 11.3 Å². The first-order chi connectivity index (χ1) is 6.86. The van der Waals surface area contributed by atoms with Crippen LogP contribution in [0.25, 0.3) is 0 Å². The standard InChI is InChI=1S/C9H8O6/c1-3(10)5-7(11)6(8(12)13)4(2)15-9(5)14/h5H,1-2H3,(H,12,13). The molecule has 0 aromatic carbocycles. The van der Waals surface area contributed by atoms with E-state index in [0.29, 0.717) is 0 Å². The second-order valence-electron chi connectivity index (χ2n) is 3.07. The van der Waals surface area contributed by atoms with Crippen LogP contribution in [0.5, 0.6) is 0 Å². The highest BCUT2D eigenvalue weighted by molar-refractivity contribution is 6.31. The molecular weight excluding hydrogens is 204 g/mol. The van der Waals surface area contributed by atoms with Crippen molar-refractivity contribution in [2.45, 2.75) is 13.8 Å². The van der Waals surface area contributed by atoms with Gasteiger partial charge in [-0.1, -0.05) is 0 Å². The highest BCUT2D eigenvalue weighted by Gasteiger charge is 2.42. The maximum atomic E-state index is 11.5. The first-order valence-electron chi connectivity index (χ1n) is 4.06. The van der Waals surface area contributed by atoms with Gasteiger partial charge in [0.2, 0.25) is 0 Å². The number of carbonyl (C=O) groups is 4. The molecule has 0 aromatic rings. The van der Waals surface area contributed by atoms with Crippen molar-refractivity contribution < 1.29 is 29.0 Å². The zero-order valence-electron chi connectivity index (χ0n) is 8.07. The third kappa shape index (κ3) is 1.78. The van der Waals surface area contributed by atoms with Crippen LogP contribution in [0.1, 0.15) is 13.8 Å². The molecule has 0 saturated heterocycles. The van der Waals surface area contributed by atoms with Crippen LogP contribution in [0.15, 0.2) is 11.3 Å². The normalized spacial score (nSPS) is 21.3. The highest BCUT2D eigenvalue weighted by atomic mass is 16.5. The number of ether oxygens (including phenoxy) is 1. The van der Waals surface area contributed by atoms with E-state index in [4.69, 9.17) is 5.11 Å². The average Bonchev–Trinajstić information content (AvgIpc) is 1.99. The van der Waals surface area contributed by atoms with E-state index in [0.717, 1.165) is 6.92 Å². The molecule has 0 saturated carbocycles. The van der Waals surface area contributed by atoms with Crippen molar-refractivity contribution in [1.82, 2.24) is 0 Å². The molecule has 6 heteroatoms. The maximum absolute atomic E-state index is 11.5. The Morgan fingerprint density at radius 1 is 1.33 bits per heavy atom. The lowest BCUT2D eigenvalue weighted by atomic mass is 9.91. The summed E-state index contributed by atoms with van der Waals surface area (Å²) in [6, 6.07) is 0. The van der Waals surface area contributed by atoms with Gasteiger partial charge in [-0.25, -0.2) is 4.79 Å². The Kier molecular flexibility index (Phi) is 2.69. The summed E-state index contributed by atoms with van der Waals surface area (Å²) in [5.41, 5.74) is -0.644. The number of esters is 1. The molecule has 6 nitrogen and oxygen atoms in total. The van der Waals surface area contributed by atoms with Crippen LogP contribution < -0.4 is 0 Å². The molecular formula is C9H8O6. The molecule has 1 aliphatic heterocycles. The number of rotatable bonds is 2. The lowest BCUT2D eigenvalue weighted by molar-refractivity contribution is -0.153. The number of cyclic esters (lactones) is 1. The molecule has 1 N–H and O–H groups in total. The number of Topliss-reactive ketones (excluding diaryl/α,β-unsaturated/α-hetero) is 2. The smallest absolute Gasteiger partial charge is 0.342 e. The molecule has 1 heterocycles. The monoisotopic (exact) mass is 212 g/mol. The van der Waals surface area contributed by atoms with Gasteiger partial charge < -0.3 is 9.84 Å². The molecule has 1 aliphatic rings. The summed E-state index contributed by atoms with van der Waals surface area (Å²) in [6.07, 6.45) is 0. The predicted molar refractivity (Wildman–Crippen MR) is 45.6 cm³/mol. The van der Waals surface area contributed by atoms with Gasteiger partial charge in [-0.2, -0.15) is 0 Å². The Morgan fingerprint density at radius 2 is 1.87 bits per heavy atom. The van der Waals surface area contributed by atoms with Crippen molar-refractivity contribution in [1.29, 1.82) is 0 Å². The summed E-state index contributed by atoms with van der Waals surface area (Å²) in [5.74, 6) is -6.18. The SMILES string of the molecule is CC(=O)C1C(=O)OC(C)=C(C(=O)O)C1=O. The van der Waals surface area contributed by atoms with Crippen LogP contribution in [-0.2, 0) is 23.9 Å². The first-order valence-corrected chi connectivity index (χ1v) is 4.06. The summed E-state index contributed by atoms with van der Waals surface area (Å²) in [4.78, 5) is 44.2. The Morgan fingerprint density at radius 3 is 2.27 bits per heavy atom. The predicted octanol–water partition coefficient (Wildman–Crippen LogP) is -0.324. The second kappa shape index (κ2) is 3.64. The number of hydrogen-bond donors (Lipinski definition) is 1. The third-order valence-corrected chi connectivity index (χ3v) is 1.97. The second-order valence-corrected chi connectivity index (χ2v) is 3.07. The molecule has 0 aliphatic carbocycles. The fourth-order valence-corrected chi connectivity index (χ4v) is 1.29. The zero-order chi connectivity index (χ0) is 11.7. The number of aliphatic carboxylic acids is 1. The van der Waals surface area contributed by atoms with E-state index in [1.54, 1.807) is 0 Å². The molecule has 1 rings (SSSR count). The lowest BCUT2D eigenvalue weighted by Crippen LogP contribution is -2.39. The summed E-state index contributed by atoms with van der Waals surface area (Å²) >= 11 is 0. The third-order valence-electron chi connectivity index (χ3n) is 1.97. The van der Waals surface area contributed by atoms with Gasteiger partial charge in [-0.3, -0.25) is 14.4 Å². The summed E-state index contributed by atoms with van der Waals surface area (Å²) in [5, 5.41) is 8.68. The van der Waals surface area contributed by atoms with Crippen molar-refractivity contribution >= 4 is 23.5 Å². The van der Waals surface area contributed by atoms with Gasteiger partial charge in [-0.15, -0.1) is 0 Å². The Bertz CT molecular complexity index is 403. The van der Waals surface area contributed by atoms with Gasteiger partial charge in [0, 0.05) is 0 Å². The van der Waals surface area contributed by atoms with Crippen LogP contribution in [0.3, 0.4) is 0 Å². The average molecular weight is 212 g/mol. The van der Waals surface area contributed by atoms with Crippen LogP contribution in [0.2, 0.25) is 0 Å². The highest BCUT2D eigenvalue weighted by Crippen LogP contribution is 2.22. The minimum atomic E-state index is -1.64. The number of carbonyl (C=O) groups excluding carboxylic acids is 3. The molecule has 0 aromatic heterocycles. The van der Waals surface area contributed by atoms with E-state index in [9.17, 15) is 19.2 Å². The molecule has 0 fully saturated rings. The first kappa shape index (κ1) is 11.1. The van der Waals surface area contributed by atoms with E-state index in [2.05, 4.69) is 4.74 Å². The molecule has 0 spiro atoms. The van der Waals surface area contributed by atoms with Gasteiger partial charge in [0.25, 0.3) is 0 Å². The van der Waals surface area contributed by atoms with Crippen LogP contribution >= 0.6 is 0 Å². The van der Waals surface area contributed by atoms with Crippen molar-refractivity contribution in [2.75, 3.05) is 0 Å². The Labute approximate surface area is 84.5 Å². The Hall–Kier alpha value is -1.98. The summed E-state index contributed by atoms with van der Waals surface area (Å²) < 4.78 is 4.52. The molecule has 0 amide bonds. The van der Waals surface area contributed by atoms with Crippen LogP contribution in [-0.4, -0.2) is 28.6 Å². The van der Waals surface area contributed by atoms with Crippen LogP contribution in [0.4, 0.5) is 0 Å². The quantitative estimate of drug-likeness (QED) is 0.382. The van der Waals surface area contributed by atoms with Crippen LogP contribution in [0, 0.1) is 5.92 Å². The largest absolute Gasteiger partial charge is 0.477 e. The zero-order valence-corrected chi connectivity index (χ0v) is 8.07. The number of ketones is 2. The minimum absolute atomic E-state index is 0.282. The fourth-order valence-electron chi connectivity index (χ4n) is 1.29. The van der Waals surface area contributed by atoms with E-state index >= 15 is 0 Å².